The molecule has 2 aromatic rings. The minimum atomic E-state index is 0.574. The fourth-order valence-corrected chi connectivity index (χ4v) is 1.04. The van der Waals surface area contributed by atoms with Gasteiger partial charge < -0.3 is 5.32 Å². The Bertz CT molecular complexity index is 415. The fraction of sp³-hybridized carbons (Fsp3) is 0.111. The van der Waals surface area contributed by atoms with Crippen LogP contribution in [0.2, 0.25) is 0 Å². The second kappa shape index (κ2) is 3.78. The van der Waals surface area contributed by atoms with Gasteiger partial charge >= 0.3 is 0 Å². The quantitative estimate of drug-likeness (QED) is 0.759. The van der Waals surface area contributed by atoms with Gasteiger partial charge in [0.15, 0.2) is 5.82 Å². The maximum absolute atomic E-state index is 4.24. The van der Waals surface area contributed by atoms with Gasteiger partial charge in [0.1, 0.15) is 11.5 Å². The molecular weight excluding hydrogens is 178 g/mol. The summed E-state index contributed by atoms with van der Waals surface area (Å²) in [4.78, 5) is 16.4. The minimum Gasteiger partial charge on any atom is -0.373 e. The van der Waals surface area contributed by atoms with Gasteiger partial charge in [0.2, 0.25) is 0 Å². The van der Waals surface area contributed by atoms with Crippen LogP contribution in [0.25, 0.3) is 11.5 Å². The summed E-state index contributed by atoms with van der Waals surface area (Å²) in [7, 11) is 1.81. The Morgan fingerprint density at radius 2 is 2.07 bits per heavy atom. The van der Waals surface area contributed by atoms with E-state index in [0.29, 0.717) is 11.5 Å². The summed E-state index contributed by atoms with van der Waals surface area (Å²) in [5.41, 5.74) is 0.671. The number of anilines is 1. The van der Waals surface area contributed by atoms with Crippen molar-refractivity contribution in [2.24, 2.45) is 0 Å². The lowest BCUT2D eigenvalue weighted by molar-refractivity contribution is 1.11. The topological polar surface area (TPSA) is 63.6 Å². The minimum absolute atomic E-state index is 0.574. The van der Waals surface area contributed by atoms with E-state index in [1.165, 1.54) is 0 Å². The van der Waals surface area contributed by atoms with Gasteiger partial charge in [-0.15, -0.1) is 0 Å². The molecule has 0 saturated carbocycles. The zero-order valence-electron chi connectivity index (χ0n) is 7.68. The second-order valence-corrected chi connectivity index (χ2v) is 2.61. The predicted molar refractivity (Wildman–Crippen MR) is 52.6 cm³/mol. The Kier molecular flexibility index (Phi) is 2.31. The van der Waals surface area contributed by atoms with Crippen LogP contribution in [0, 0.1) is 0 Å². The molecule has 14 heavy (non-hydrogen) atoms. The highest BCUT2D eigenvalue weighted by Gasteiger charge is 2.02. The van der Waals surface area contributed by atoms with Crippen molar-refractivity contribution in [3.05, 3.63) is 30.9 Å². The molecule has 0 spiro atoms. The van der Waals surface area contributed by atoms with E-state index in [2.05, 4.69) is 25.3 Å². The standard InChI is InChI=1S/C9H9N5/c1-10-8-2-3-13-9(14-8)7-6-11-4-5-12-7/h2-6H,1H3,(H,10,13,14). The summed E-state index contributed by atoms with van der Waals surface area (Å²) in [5.74, 6) is 1.34. The van der Waals surface area contributed by atoms with E-state index in [0.717, 1.165) is 5.82 Å². The molecule has 0 bridgehead atoms. The van der Waals surface area contributed by atoms with Gasteiger partial charge in [-0.25, -0.2) is 15.0 Å². The maximum Gasteiger partial charge on any atom is 0.181 e. The number of rotatable bonds is 2. The Morgan fingerprint density at radius 1 is 1.14 bits per heavy atom. The molecule has 0 unspecified atom stereocenters. The normalized spacial score (nSPS) is 9.79. The number of hydrogen-bond acceptors (Lipinski definition) is 5. The molecule has 0 aliphatic heterocycles. The van der Waals surface area contributed by atoms with E-state index in [9.17, 15) is 0 Å². The summed E-state index contributed by atoms with van der Waals surface area (Å²) in [6.45, 7) is 0. The first kappa shape index (κ1) is 8.55. The van der Waals surface area contributed by atoms with Gasteiger partial charge in [-0.05, 0) is 6.07 Å². The third-order valence-electron chi connectivity index (χ3n) is 1.70. The average Bonchev–Trinajstić information content (AvgIpc) is 2.30. The highest BCUT2D eigenvalue weighted by Crippen LogP contribution is 2.10. The Morgan fingerprint density at radius 3 is 2.79 bits per heavy atom. The van der Waals surface area contributed by atoms with E-state index >= 15 is 0 Å². The maximum atomic E-state index is 4.24. The van der Waals surface area contributed by atoms with Crippen LogP contribution < -0.4 is 5.32 Å². The fourth-order valence-electron chi connectivity index (χ4n) is 1.04. The number of aromatic nitrogens is 4. The van der Waals surface area contributed by atoms with E-state index in [1.807, 2.05) is 7.05 Å². The average molecular weight is 187 g/mol. The largest absolute Gasteiger partial charge is 0.373 e. The monoisotopic (exact) mass is 187 g/mol. The third kappa shape index (κ3) is 1.66. The molecule has 0 atom stereocenters. The summed E-state index contributed by atoms with van der Waals surface area (Å²) >= 11 is 0. The van der Waals surface area contributed by atoms with Gasteiger partial charge in [0.05, 0.1) is 6.20 Å². The first-order valence-corrected chi connectivity index (χ1v) is 4.17. The molecular formula is C9H9N5. The van der Waals surface area contributed by atoms with Gasteiger partial charge in [-0.2, -0.15) is 0 Å². The lowest BCUT2D eigenvalue weighted by Crippen LogP contribution is -1.96. The SMILES string of the molecule is CNc1ccnc(-c2cnccn2)n1. The zero-order chi connectivity index (χ0) is 9.80. The van der Waals surface area contributed by atoms with Crippen LogP contribution >= 0.6 is 0 Å². The number of nitrogens with zero attached hydrogens (tertiary/aromatic N) is 4. The molecule has 2 rings (SSSR count). The van der Waals surface area contributed by atoms with Crippen LogP contribution in [0.15, 0.2) is 30.9 Å². The van der Waals surface area contributed by atoms with Crippen molar-refractivity contribution in [1.29, 1.82) is 0 Å². The summed E-state index contributed by atoms with van der Waals surface area (Å²) in [6, 6.07) is 1.79. The molecule has 0 saturated heterocycles. The second-order valence-electron chi connectivity index (χ2n) is 2.61. The van der Waals surface area contributed by atoms with Crippen LogP contribution in [0.4, 0.5) is 5.82 Å². The van der Waals surface area contributed by atoms with Gasteiger partial charge in [-0.1, -0.05) is 0 Å². The van der Waals surface area contributed by atoms with E-state index < -0.39 is 0 Å². The van der Waals surface area contributed by atoms with Crippen LogP contribution in [0.5, 0.6) is 0 Å². The summed E-state index contributed by atoms with van der Waals surface area (Å²) < 4.78 is 0. The molecule has 2 heterocycles. The smallest absolute Gasteiger partial charge is 0.181 e. The Balaban J connectivity index is 2.42. The van der Waals surface area contributed by atoms with E-state index in [4.69, 9.17) is 0 Å². The molecule has 5 nitrogen and oxygen atoms in total. The molecule has 0 aromatic carbocycles. The van der Waals surface area contributed by atoms with Crippen molar-refractivity contribution in [3.63, 3.8) is 0 Å². The molecule has 5 heteroatoms. The number of hydrogen-bond donors (Lipinski definition) is 1. The van der Waals surface area contributed by atoms with Crippen molar-refractivity contribution >= 4 is 5.82 Å². The van der Waals surface area contributed by atoms with E-state index in [1.54, 1.807) is 30.9 Å². The molecule has 0 aliphatic rings. The zero-order valence-corrected chi connectivity index (χ0v) is 7.68. The van der Waals surface area contributed by atoms with Crippen molar-refractivity contribution < 1.29 is 0 Å². The molecule has 0 radical (unpaired) electrons. The van der Waals surface area contributed by atoms with E-state index in [-0.39, 0.29) is 0 Å². The Hall–Kier alpha value is -2.04. The van der Waals surface area contributed by atoms with Crippen molar-refractivity contribution in [3.8, 4) is 11.5 Å². The Labute approximate surface area is 81.3 Å². The first-order chi connectivity index (χ1) is 6.90. The molecule has 0 aliphatic carbocycles. The summed E-state index contributed by atoms with van der Waals surface area (Å²) in [5, 5.41) is 2.94. The summed E-state index contributed by atoms with van der Waals surface area (Å²) in [6.07, 6.45) is 6.55. The van der Waals surface area contributed by atoms with Gasteiger partial charge in [0.25, 0.3) is 0 Å². The van der Waals surface area contributed by atoms with Crippen molar-refractivity contribution in [2.75, 3.05) is 12.4 Å². The molecule has 0 amide bonds. The lowest BCUT2D eigenvalue weighted by atomic mass is 10.4. The van der Waals surface area contributed by atoms with Crippen LogP contribution in [-0.2, 0) is 0 Å². The number of nitrogens with one attached hydrogen (secondary N) is 1. The van der Waals surface area contributed by atoms with Crippen LogP contribution in [-0.4, -0.2) is 27.0 Å². The highest BCUT2D eigenvalue weighted by atomic mass is 15.0. The third-order valence-corrected chi connectivity index (χ3v) is 1.70. The first-order valence-electron chi connectivity index (χ1n) is 4.17. The molecule has 70 valence electrons. The van der Waals surface area contributed by atoms with Crippen molar-refractivity contribution in [1.82, 2.24) is 19.9 Å². The molecule has 0 fully saturated rings. The predicted octanol–water partition coefficient (Wildman–Crippen LogP) is 0.975. The molecule has 2 aromatic heterocycles. The van der Waals surface area contributed by atoms with Gasteiger partial charge in [0, 0.05) is 25.6 Å². The molecule has 1 N–H and O–H groups in total. The lowest BCUT2D eigenvalue weighted by Gasteiger charge is -2.00. The highest BCUT2D eigenvalue weighted by molar-refractivity contribution is 5.50. The van der Waals surface area contributed by atoms with Gasteiger partial charge in [-0.3, -0.25) is 4.98 Å². The van der Waals surface area contributed by atoms with Crippen LogP contribution in [0.3, 0.4) is 0 Å². The van der Waals surface area contributed by atoms with Crippen LogP contribution in [0.1, 0.15) is 0 Å². The van der Waals surface area contributed by atoms with Crippen molar-refractivity contribution in [2.45, 2.75) is 0 Å².